The molecule has 0 saturated heterocycles. The smallest absolute Gasteiger partial charge is 0.165 e. The van der Waals surface area contributed by atoms with Crippen LogP contribution < -0.4 is 14.8 Å². The third-order valence-electron chi connectivity index (χ3n) is 4.10. The standard InChI is InChI=1S/C18H27NO2/c1-4-19-17(14-10-7-5-6-8-11-14)15-12-9-13-16(20-2)18(15)21-3/h9-10,12-13,17,19H,4-8,11H2,1-3H3. The summed E-state index contributed by atoms with van der Waals surface area (Å²) >= 11 is 0. The molecule has 0 spiro atoms. The first-order valence-electron chi connectivity index (χ1n) is 7.95. The number of likely N-dealkylation sites (N-methyl/N-ethyl adjacent to an activating group) is 1. The Bertz CT molecular complexity index is 482. The molecule has 2 rings (SSSR count). The molecule has 0 heterocycles. The molecular formula is C18H27NO2. The number of nitrogens with one attached hydrogen (secondary N) is 1. The van der Waals surface area contributed by atoms with Crippen LogP contribution in [0.2, 0.25) is 0 Å². The molecule has 0 aromatic heterocycles. The van der Waals surface area contributed by atoms with Crippen LogP contribution in [0.25, 0.3) is 0 Å². The largest absolute Gasteiger partial charge is 0.493 e. The zero-order chi connectivity index (χ0) is 15.1. The van der Waals surface area contributed by atoms with E-state index in [1.54, 1.807) is 14.2 Å². The minimum absolute atomic E-state index is 0.221. The number of ether oxygens (including phenoxy) is 2. The van der Waals surface area contributed by atoms with Gasteiger partial charge in [-0.2, -0.15) is 0 Å². The SMILES string of the molecule is CCNC(C1=CCCCCC1)c1cccc(OC)c1OC. The van der Waals surface area contributed by atoms with E-state index < -0.39 is 0 Å². The van der Waals surface area contributed by atoms with Gasteiger partial charge in [-0.15, -0.1) is 0 Å². The predicted molar refractivity (Wildman–Crippen MR) is 87.1 cm³/mol. The summed E-state index contributed by atoms with van der Waals surface area (Å²) in [4.78, 5) is 0. The summed E-state index contributed by atoms with van der Waals surface area (Å²) in [5.41, 5.74) is 2.66. The predicted octanol–water partition coefficient (Wildman–Crippen LogP) is 4.24. The summed E-state index contributed by atoms with van der Waals surface area (Å²) in [5.74, 6) is 1.64. The molecule has 1 aromatic carbocycles. The molecule has 1 aliphatic rings. The molecule has 0 saturated carbocycles. The van der Waals surface area contributed by atoms with Gasteiger partial charge in [-0.3, -0.25) is 0 Å². The molecule has 116 valence electrons. The number of rotatable bonds is 6. The highest BCUT2D eigenvalue weighted by molar-refractivity contribution is 5.50. The van der Waals surface area contributed by atoms with Gasteiger partial charge in [0.1, 0.15) is 0 Å². The Kier molecular flexibility index (Phi) is 6.12. The van der Waals surface area contributed by atoms with Gasteiger partial charge < -0.3 is 14.8 Å². The van der Waals surface area contributed by atoms with Crippen molar-refractivity contribution in [3.8, 4) is 11.5 Å². The molecule has 21 heavy (non-hydrogen) atoms. The van der Waals surface area contributed by atoms with Crippen LogP contribution in [-0.4, -0.2) is 20.8 Å². The Labute approximate surface area is 128 Å². The average molecular weight is 289 g/mol. The van der Waals surface area contributed by atoms with Crippen molar-refractivity contribution in [2.45, 2.75) is 45.1 Å². The lowest BCUT2D eigenvalue weighted by molar-refractivity contribution is 0.348. The van der Waals surface area contributed by atoms with Gasteiger partial charge in [-0.1, -0.05) is 37.1 Å². The molecular weight excluding hydrogens is 262 g/mol. The fraction of sp³-hybridized carbons (Fsp3) is 0.556. The van der Waals surface area contributed by atoms with Crippen LogP contribution >= 0.6 is 0 Å². The molecule has 0 fully saturated rings. The molecule has 0 aliphatic heterocycles. The Morgan fingerprint density at radius 3 is 2.71 bits per heavy atom. The molecule has 1 aromatic rings. The number of hydrogen-bond donors (Lipinski definition) is 1. The third kappa shape index (κ3) is 3.79. The van der Waals surface area contributed by atoms with Crippen LogP contribution in [-0.2, 0) is 0 Å². The van der Waals surface area contributed by atoms with Crippen LogP contribution in [0.5, 0.6) is 11.5 Å². The summed E-state index contributed by atoms with van der Waals surface area (Å²) in [6.45, 7) is 3.08. The van der Waals surface area contributed by atoms with E-state index in [0.717, 1.165) is 24.5 Å². The third-order valence-corrected chi connectivity index (χ3v) is 4.10. The van der Waals surface area contributed by atoms with Gasteiger partial charge in [0.25, 0.3) is 0 Å². The van der Waals surface area contributed by atoms with Crippen LogP contribution in [0.3, 0.4) is 0 Å². The number of methoxy groups -OCH3 is 2. The number of para-hydroxylation sites is 1. The van der Waals surface area contributed by atoms with Crippen molar-refractivity contribution < 1.29 is 9.47 Å². The summed E-state index contributed by atoms with van der Waals surface area (Å²) in [6, 6.07) is 6.35. The van der Waals surface area contributed by atoms with Crippen molar-refractivity contribution in [1.29, 1.82) is 0 Å². The van der Waals surface area contributed by atoms with E-state index in [2.05, 4.69) is 24.4 Å². The lowest BCUT2D eigenvalue weighted by Gasteiger charge is -2.24. The number of allylic oxidation sites excluding steroid dienone is 1. The van der Waals surface area contributed by atoms with Crippen molar-refractivity contribution in [1.82, 2.24) is 5.32 Å². The highest BCUT2D eigenvalue weighted by Gasteiger charge is 2.22. The summed E-state index contributed by atoms with van der Waals surface area (Å²) in [6.07, 6.45) is 8.67. The molecule has 0 radical (unpaired) electrons. The molecule has 3 heteroatoms. The van der Waals surface area contributed by atoms with Gasteiger partial charge in [0, 0.05) is 5.56 Å². The maximum Gasteiger partial charge on any atom is 0.165 e. The molecule has 1 unspecified atom stereocenters. The maximum absolute atomic E-state index is 5.62. The molecule has 1 atom stereocenters. The molecule has 3 nitrogen and oxygen atoms in total. The Morgan fingerprint density at radius 1 is 1.14 bits per heavy atom. The minimum Gasteiger partial charge on any atom is -0.493 e. The van der Waals surface area contributed by atoms with E-state index >= 15 is 0 Å². The van der Waals surface area contributed by atoms with Crippen molar-refractivity contribution >= 4 is 0 Å². The van der Waals surface area contributed by atoms with Gasteiger partial charge in [0.05, 0.1) is 20.3 Å². The zero-order valence-electron chi connectivity index (χ0n) is 13.4. The second kappa shape index (κ2) is 8.08. The summed E-state index contributed by atoms with van der Waals surface area (Å²) < 4.78 is 11.1. The van der Waals surface area contributed by atoms with Gasteiger partial charge in [-0.25, -0.2) is 0 Å². The van der Waals surface area contributed by atoms with Gasteiger partial charge in [-0.05, 0) is 38.3 Å². The summed E-state index contributed by atoms with van der Waals surface area (Å²) in [5, 5.41) is 3.62. The molecule has 0 bridgehead atoms. The molecule has 1 N–H and O–H groups in total. The van der Waals surface area contributed by atoms with Crippen LogP contribution in [0.15, 0.2) is 29.8 Å². The van der Waals surface area contributed by atoms with Crippen molar-refractivity contribution in [3.05, 3.63) is 35.4 Å². The lowest BCUT2D eigenvalue weighted by atomic mass is 9.94. The first-order valence-corrected chi connectivity index (χ1v) is 7.95. The lowest BCUT2D eigenvalue weighted by Crippen LogP contribution is -2.23. The van der Waals surface area contributed by atoms with E-state index in [1.165, 1.54) is 36.8 Å². The Balaban J connectivity index is 2.39. The van der Waals surface area contributed by atoms with Crippen LogP contribution in [0.4, 0.5) is 0 Å². The minimum atomic E-state index is 0.221. The molecule has 1 aliphatic carbocycles. The first-order chi connectivity index (χ1) is 10.3. The average Bonchev–Trinajstić information content (AvgIpc) is 2.80. The first kappa shape index (κ1) is 15.9. The van der Waals surface area contributed by atoms with Gasteiger partial charge in [0.15, 0.2) is 11.5 Å². The Hall–Kier alpha value is -1.48. The van der Waals surface area contributed by atoms with Crippen molar-refractivity contribution in [2.75, 3.05) is 20.8 Å². The van der Waals surface area contributed by atoms with E-state index in [0.29, 0.717) is 0 Å². The Morgan fingerprint density at radius 2 is 2.00 bits per heavy atom. The highest BCUT2D eigenvalue weighted by atomic mass is 16.5. The topological polar surface area (TPSA) is 30.5 Å². The monoisotopic (exact) mass is 289 g/mol. The zero-order valence-corrected chi connectivity index (χ0v) is 13.4. The van der Waals surface area contributed by atoms with Crippen LogP contribution in [0, 0.1) is 0 Å². The number of hydrogen-bond acceptors (Lipinski definition) is 3. The van der Waals surface area contributed by atoms with E-state index in [-0.39, 0.29) is 6.04 Å². The van der Waals surface area contributed by atoms with Crippen molar-refractivity contribution in [2.24, 2.45) is 0 Å². The van der Waals surface area contributed by atoms with Crippen molar-refractivity contribution in [3.63, 3.8) is 0 Å². The second-order valence-electron chi connectivity index (χ2n) is 5.45. The van der Waals surface area contributed by atoms with Crippen LogP contribution in [0.1, 0.15) is 50.6 Å². The fourth-order valence-corrected chi connectivity index (χ4v) is 3.09. The summed E-state index contributed by atoms with van der Waals surface area (Å²) in [7, 11) is 3.40. The van der Waals surface area contributed by atoms with Gasteiger partial charge in [0.2, 0.25) is 0 Å². The van der Waals surface area contributed by atoms with E-state index in [4.69, 9.17) is 9.47 Å². The second-order valence-corrected chi connectivity index (χ2v) is 5.45. The highest BCUT2D eigenvalue weighted by Crippen LogP contribution is 2.39. The number of benzene rings is 1. The van der Waals surface area contributed by atoms with Gasteiger partial charge >= 0.3 is 0 Å². The molecule has 0 amide bonds. The van der Waals surface area contributed by atoms with E-state index in [9.17, 15) is 0 Å². The fourth-order valence-electron chi connectivity index (χ4n) is 3.09. The quantitative estimate of drug-likeness (QED) is 0.794. The normalized spacial score (nSPS) is 16.8. The van der Waals surface area contributed by atoms with E-state index in [1.807, 2.05) is 12.1 Å². The maximum atomic E-state index is 5.62.